The third-order valence-corrected chi connectivity index (χ3v) is 19.7. The topological polar surface area (TPSA) is 202 Å². The summed E-state index contributed by atoms with van der Waals surface area (Å²) in [6, 6.07) is 8.66. The van der Waals surface area contributed by atoms with Gasteiger partial charge in [-0.3, -0.25) is 19.5 Å². The summed E-state index contributed by atoms with van der Waals surface area (Å²) in [6.07, 6.45) is -8.38. The molecule has 1 amide bonds. The SMILES string of the molecule is COc1cc2c(cc1OCC(F)(F)F)CCN1C[C@@H](CC(C)C)[C@H](O)C[C@H]21.COc1cc2c(cc1OCC(F)(F)F)CCN1C[C@@H](CC(C)C)[C@H](OC(=O)[C@@H](N)C(C)C)C[C@H]21.COc1cc2c(cc1OCC(F)(F)F)CCN1C[C@@H](CC(C)C)[C@H](OC(=O)[C@@H](NC(=O)OC(C)(C)C)C(C)C)C[C@H]21. The number of halogens is 9. The Balaban J connectivity index is 0.000000219. The number of carbonyl (C=O) groups excluding carboxylic acids is 3. The number of amides is 1. The van der Waals surface area contributed by atoms with E-state index in [1.807, 2.05) is 27.7 Å². The lowest BCUT2D eigenvalue weighted by molar-refractivity contribution is -0.162. The number of ether oxygens (including phenoxy) is 9. The zero-order valence-electron chi connectivity index (χ0n) is 62.1. The summed E-state index contributed by atoms with van der Waals surface area (Å²) in [5.41, 5.74) is 11.1. The first-order valence-electron chi connectivity index (χ1n) is 35.8. The Kier molecular flexibility index (Phi) is 28.8. The Morgan fingerprint density at radius 1 is 0.500 bits per heavy atom. The summed E-state index contributed by atoms with van der Waals surface area (Å²) in [4.78, 5) is 45.7. The normalized spacial score (nSPS) is 23.7. The number of benzene rings is 3. The lowest BCUT2D eigenvalue weighted by atomic mass is 9.79. The number of hydrogen-bond acceptors (Lipinski definition) is 17. The van der Waals surface area contributed by atoms with Crippen LogP contribution in [-0.4, -0.2) is 173 Å². The van der Waals surface area contributed by atoms with Gasteiger partial charge in [-0.1, -0.05) is 69.2 Å². The van der Waals surface area contributed by atoms with E-state index in [4.69, 9.17) is 48.4 Å². The first-order chi connectivity index (χ1) is 47.5. The number of hydrogen-bond donors (Lipinski definition) is 3. The zero-order chi connectivity index (χ0) is 75.7. The minimum Gasteiger partial charge on any atom is -0.493 e. The molecule has 3 fully saturated rings. The molecule has 9 rings (SSSR count). The van der Waals surface area contributed by atoms with Gasteiger partial charge in [0.05, 0.1) is 27.4 Å². The van der Waals surface area contributed by atoms with Crippen LogP contribution in [0.25, 0.3) is 0 Å². The van der Waals surface area contributed by atoms with Crippen molar-refractivity contribution in [1.29, 1.82) is 0 Å². The van der Waals surface area contributed by atoms with E-state index in [2.05, 4.69) is 61.6 Å². The Labute approximate surface area is 595 Å². The van der Waals surface area contributed by atoms with Gasteiger partial charge in [0.15, 0.2) is 54.3 Å². The van der Waals surface area contributed by atoms with Crippen LogP contribution in [0, 0.1) is 47.3 Å². The van der Waals surface area contributed by atoms with Crippen molar-refractivity contribution in [3.8, 4) is 34.5 Å². The fourth-order valence-electron chi connectivity index (χ4n) is 15.0. The summed E-state index contributed by atoms with van der Waals surface area (Å²) in [5, 5.41) is 13.3. The van der Waals surface area contributed by atoms with Gasteiger partial charge in [-0.05, 0) is 171 Å². The van der Waals surface area contributed by atoms with E-state index in [1.165, 1.54) is 21.3 Å². The number of nitrogens with zero attached hydrogens (tertiary/aromatic N) is 3. The highest BCUT2D eigenvalue weighted by Crippen LogP contribution is 2.49. The molecule has 6 aliphatic rings. The predicted octanol–water partition coefficient (Wildman–Crippen LogP) is 14.5. The minimum absolute atomic E-state index is 0.0223. The van der Waals surface area contributed by atoms with Gasteiger partial charge in [-0.15, -0.1) is 0 Å². The van der Waals surface area contributed by atoms with Crippen LogP contribution in [0.3, 0.4) is 0 Å². The molecule has 0 bridgehead atoms. The smallest absolute Gasteiger partial charge is 0.422 e. The second kappa shape index (κ2) is 35.3. The van der Waals surface area contributed by atoms with Crippen molar-refractivity contribution in [2.45, 2.75) is 220 Å². The van der Waals surface area contributed by atoms with Crippen molar-refractivity contribution in [2.75, 3.05) is 80.4 Å². The summed E-state index contributed by atoms with van der Waals surface area (Å²) in [5.74, 6) is 1.83. The summed E-state index contributed by atoms with van der Waals surface area (Å²) < 4.78 is 163. The molecule has 0 radical (unpaired) electrons. The largest absolute Gasteiger partial charge is 0.493 e. The van der Waals surface area contributed by atoms with Crippen LogP contribution < -0.4 is 39.5 Å². The molecule has 3 saturated heterocycles. The van der Waals surface area contributed by atoms with E-state index in [0.29, 0.717) is 62.2 Å². The molecule has 0 aromatic heterocycles. The minimum atomic E-state index is -4.46. The van der Waals surface area contributed by atoms with E-state index >= 15 is 0 Å². The van der Waals surface area contributed by atoms with Crippen LogP contribution >= 0.6 is 0 Å². The van der Waals surface area contributed by atoms with Gasteiger partial charge in [-0.2, -0.15) is 39.5 Å². The van der Waals surface area contributed by atoms with Gasteiger partial charge in [0.2, 0.25) is 0 Å². The second-order valence-corrected chi connectivity index (χ2v) is 31.1. The molecule has 576 valence electrons. The second-order valence-electron chi connectivity index (χ2n) is 31.1. The molecule has 3 aromatic carbocycles. The number of alkyl halides is 9. The molecule has 0 aliphatic carbocycles. The van der Waals surface area contributed by atoms with Gasteiger partial charge >= 0.3 is 36.6 Å². The number of fused-ring (bicyclic) bond motifs is 9. The third-order valence-electron chi connectivity index (χ3n) is 19.7. The van der Waals surface area contributed by atoms with E-state index in [9.17, 15) is 59.0 Å². The monoisotopic (exact) mass is 1460 g/mol. The van der Waals surface area contributed by atoms with Crippen LogP contribution in [0.4, 0.5) is 44.3 Å². The number of nitrogens with one attached hydrogen (secondary N) is 1. The summed E-state index contributed by atoms with van der Waals surface area (Å²) in [6.45, 7) is 26.2. The third kappa shape index (κ3) is 23.4. The Morgan fingerprint density at radius 2 is 0.833 bits per heavy atom. The first kappa shape index (κ1) is 83.1. The molecular weight excluding hydrogens is 1350 g/mol. The fourth-order valence-corrected chi connectivity index (χ4v) is 15.0. The van der Waals surface area contributed by atoms with Gasteiger partial charge in [0.1, 0.15) is 29.9 Å². The number of carbonyl (C=O) groups is 3. The number of aliphatic hydroxyl groups is 1. The van der Waals surface area contributed by atoms with Crippen LogP contribution in [0.15, 0.2) is 36.4 Å². The highest BCUT2D eigenvalue weighted by molar-refractivity contribution is 5.82. The molecule has 0 unspecified atom stereocenters. The molecular formula is C75H110F9N5O13. The van der Waals surface area contributed by atoms with E-state index < -0.39 is 74.2 Å². The molecule has 11 atom stereocenters. The van der Waals surface area contributed by atoms with Crippen molar-refractivity contribution in [3.05, 3.63) is 69.8 Å². The van der Waals surface area contributed by atoms with Crippen LogP contribution in [0.2, 0.25) is 0 Å². The van der Waals surface area contributed by atoms with E-state index in [0.717, 1.165) is 91.8 Å². The van der Waals surface area contributed by atoms with E-state index in [-0.39, 0.29) is 94.6 Å². The highest BCUT2D eigenvalue weighted by atomic mass is 19.4. The van der Waals surface area contributed by atoms with Crippen molar-refractivity contribution >= 4 is 18.0 Å². The predicted molar refractivity (Wildman–Crippen MR) is 367 cm³/mol. The maximum Gasteiger partial charge on any atom is 0.422 e. The van der Waals surface area contributed by atoms with Gasteiger partial charge in [0.25, 0.3) is 0 Å². The molecule has 4 N–H and O–H groups in total. The van der Waals surface area contributed by atoms with Crippen molar-refractivity contribution in [3.63, 3.8) is 0 Å². The zero-order valence-corrected chi connectivity index (χ0v) is 62.1. The van der Waals surface area contributed by atoms with Gasteiger partial charge in [0, 0.05) is 82.1 Å². The van der Waals surface area contributed by atoms with Gasteiger partial charge < -0.3 is 58.8 Å². The molecule has 18 nitrogen and oxygen atoms in total. The standard InChI is InChI=1S/C30H45F3N2O6.C25H37F3N2O4.C20H28F3NO3/c1-17(2)11-20-15-35-10-9-19-12-25(39-16-30(31,32)33)24(38-8)13-21(19)22(35)14-23(20)40-27(36)26(18(3)4)34-28(37)41-29(5,6)7;1-14(2)8-17-12-30-7-6-16-9-22(33-13-25(26,27)28)21(32-5)10-18(16)19(30)11-20(17)34-24(31)23(29)15(3)4;1-12(2)6-14-10-24-5-4-13-7-19(27-11-20(21,22)23)18(26-3)8-15(13)16(24)9-17(14)25/h12-13,17-18,20,22-23,26H,9-11,14-16H2,1-8H3,(H,34,37);9-10,14-15,17,19-20,23H,6-8,11-13,29H2,1-5H3;7-8,12,14,16-17,25H,4-6,9-11H2,1-3H3/t20-,22-,23-,26+;17-,19-,20-,23+;14-,16-,17-/m111/s1. The number of alkyl carbamates (subject to hydrolysis) is 1. The van der Waals surface area contributed by atoms with Gasteiger partial charge in [-0.25, -0.2) is 9.59 Å². The average Bonchev–Trinajstić information content (AvgIpc) is 0.774. The molecule has 102 heavy (non-hydrogen) atoms. The first-order valence-corrected chi connectivity index (χ1v) is 35.8. The van der Waals surface area contributed by atoms with E-state index in [1.54, 1.807) is 57.2 Å². The number of esters is 2. The maximum absolute atomic E-state index is 13.5. The lowest BCUT2D eigenvalue weighted by Gasteiger charge is -2.47. The lowest BCUT2D eigenvalue weighted by Crippen LogP contribution is -2.52. The Bertz CT molecular complexity index is 3250. The highest BCUT2D eigenvalue weighted by Gasteiger charge is 2.46. The fraction of sp³-hybridized carbons (Fsp3) is 0.720. The summed E-state index contributed by atoms with van der Waals surface area (Å²) in [7, 11) is 4.24. The van der Waals surface area contributed by atoms with Crippen molar-refractivity contribution in [2.24, 2.45) is 53.1 Å². The molecule has 27 heteroatoms. The summed E-state index contributed by atoms with van der Waals surface area (Å²) >= 11 is 0. The van der Waals surface area contributed by atoms with Crippen LogP contribution in [0.5, 0.6) is 34.5 Å². The maximum atomic E-state index is 13.5. The molecule has 0 saturated carbocycles. The molecule has 6 heterocycles. The van der Waals surface area contributed by atoms with Crippen LogP contribution in [-0.2, 0) is 43.1 Å². The Hall–Kier alpha value is -6.16. The average molecular weight is 1460 g/mol. The number of rotatable bonds is 22. The molecule has 0 spiro atoms. The quantitative estimate of drug-likeness (QED) is 0.0486. The Morgan fingerprint density at radius 3 is 1.15 bits per heavy atom. The number of aliphatic hydroxyl groups excluding tert-OH is 1. The molecule has 6 aliphatic heterocycles. The number of piperidine rings is 3. The van der Waals surface area contributed by atoms with Crippen molar-refractivity contribution < 1.29 is 102 Å². The van der Waals surface area contributed by atoms with Crippen LogP contribution in [0.1, 0.15) is 180 Å². The van der Waals surface area contributed by atoms with Crippen molar-refractivity contribution in [1.82, 2.24) is 20.0 Å². The number of methoxy groups -OCH3 is 3. The number of nitrogens with two attached hydrogens (primary N) is 1. The molecule has 3 aromatic rings.